The summed E-state index contributed by atoms with van der Waals surface area (Å²) in [5.74, 6) is 0.705. The van der Waals surface area contributed by atoms with Crippen LogP contribution in [0.15, 0.2) is 0 Å². The Bertz CT molecular complexity index is 364. The van der Waals surface area contributed by atoms with Crippen LogP contribution in [-0.2, 0) is 10.2 Å². The lowest BCUT2D eigenvalue weighted by Crippen LogP contribution is -2.49. The van der Waals surface area contributed by atoms with Crippen LogP contribution in [0.2, 0.25) is 0 Å². The first-order chi connectivity index (χ1) is 8.53. The van der Waals surface area contributed by atoms with E-state index in [2.05, 4.69) is 11.6 Å². The van der Waals surface area contributed by atoms with E-state index >= 15 is 0 Å². The van der Waals surface area contributed by atoms with E-state index in [-0.39, 0.29) is 18.6 Å². The fourth-order valence-corrected chi connectivity index (χ4v) is 4.44. The van der Waals surface area contributed by atoms with Gasteiger partial charge in [-0.25, -0.2) is 0 Å². The highest BCUT2D eigenvalue weighted by Crippen LogP contribution is 2.26. The molecule has 2 N–H and O–H groups in total. The lowest BCUT2D eigenvalue weighted by atomic mass is 10.0. The Morgan fingerprint density at radius 3 is 2.50 bits per heavy atom. The number of nitrogens with zero attached hydrogens (tertiary/aromatic N) is 1. The molecule has 5 nitrogen and oxygen atoms in total. The third kappa shape index (κ3) is 3.23. The molecule has 0 spiro atoms. The van der Waals surface area contributed by atoms with E-state index in [1.54, 1.807) is 4.31 Å². The molecule has 0 bridgehead atoms. The molecule has 0 amide bonds. The summed E-state index contributed by atoms with van der Waals surface area (Å²) < 4.78 is 28.8. The molecular formula is C12H24N2O3S. The van der Waals surface area contributed by atoms with Crippen LogP contribution < -0.4 is 4.72 Å². The number of rotatable bonds is 4. The van der Waals surface area contributed by atoms with Crippen LogP contribution >= 0.6 is 0 Å². The molecule has 2 aliphatic rings. The third-order valence-electron chi connectivity index (χ3n) is 4.28. The zero-order valence-electron chi connectivity index (χ0n) is 11.0. The minimum absolute atomic E-state index is 0.0736. The lowest BCUT2D eigenvalue weighted by molar-refractivity contribution is 0.211. The van der Waals surface area contributed by atoms with Crippen LogP contribution in [0.3, 0.4) is 0 Å². The summed E-state index contributed by atoms with van der Waals surface area (Å²) in [5.41, 5.74) is 0. The Morgan fingerprint density at radius 1 is 1.22 bits per heavy atom. The highest BCUT2D eigenvalue weighted by atomic mass is 32.2. The first kappa shape index (κ1) is 14.2. The monoisotopic (exact) mass is 276 g/mol. The van der Waals surface area contributed by atoms with E-state index in [0.29, 0.717) is 19.0 Å². The van der Waals surface area contributed by atoms with Crippen molar-refractivity contribution < 1.29 is 13.5 Å². The van der Waals surface area contributed by atoms with Gasteiger partial charge in [-0.15, -0.1) is 0 Å². The smallest absolute Gasteiger partial charge is 0.279 e. The predicted octanol–water partition coefficient (Wildman–Crippen LogP) is 0.714. The second kappa shape index (κ2) is 5.86. The van der Waals surface area contributed by atoms with Crippen LogP contribution in [-0.4, -0.2) is 43.6 Å². The van der Waals surface area contributed by atoms with Crippen molar-refractivity contribution in [2.45, 2.75) is 45.1 Å². The summed E-state index contributed by atoms with van der Waals surface area (Å²) >= 11 is 0. The molecule has 2 rings (SSSR count). The summed E-state index contributed by atoms with van der Waals surface area (Å²) in [7, 11) is -3.36. The van der Waals surface area contributed by atoms with Crippen molar-refractivity contribution in [2.24, 2.45) is 11.8 Å². The second-order valence-electron chi connectivity index (χ2n) is 5.68. The Kier molecular flexibility index (Phi) is 4.64. The van der Waals surface area contributed by atoms with E-state index in [1.807, 2.05) is 0 Å². The average molecular weight is 276 g/mol. The van der Waals surface area contributed by atoms with E-state index in [4.69, 9.17) is 0 Å². The fraction of sp³-hybridized carbons (Fsp3) is 1.00. The quantitative estimate of drug-likeness (QED) is 0.794. The lowest BCUT2D eigenvalue weighted by Gasteiger charge is -2.31. The van der Waals surface area contributed by atoms with Crippen molar-refractivity contribution in [2.75, 3.05) is 19.7 Å². The van der Waals surface area contributed by atoms with Crippen molar-refractivity contribution in [3.05, 3.63) is 0 Å². The number of nitrogens with one attached hydrogen (secondary N) is 1. The maximum atomic E-state index is 12.2. The van der Waals surface area contributed by atoms with E-state index in [0.717, 1.165) is 32.1 Å². The van der Waals surface area contributed by atoms with Crippen LogP contribution in [0.4, 0.5) is 0 Å². The minimum atomic E-state index is -3.36. The maximum absolute atomic E-state index is 12.2. The number of aliphatic hydroxyl groups excluding tert-OH is 1. The summed E-state index contributed by atoms with van der Waals surface area (Å²) in [5, 5.41) is 9.23. The SMILES string of the molecule is CC1CCN(S(=O)(=O)NC2CCCC2CO)CC1. The van der Waals surface area contributed by atoms with Crippen molar-refractivity contribution >= 4 is 10.2 Å². The van der Waals surface area contributed by atoms with Crippen molar-refractivity contribution in [1.82, 2.24) is 9.03 Å². The summed E-state index contributed by atoms with van der Waals surface area (Å²) in [6.45, 7) is 3.47. The fourth-order valence-electron chi connectivity index (χ4n) is 2.90. The first-order valence-corrected chi connectivity index (χ1v) is 8.35. The van der Waals surface area contributed by atoms with E-state index in [9.17, 15) is 13.5 Å². The largest absolute Gasteiger partial charge is 0.396 e. The highest BCUT2D eigenvalue weighted by molar-refractivity contribution is 7.87. The molecule has 0 radical (unpaired) electrons. The molecule has 1 saturated heterocycles. The summed E-state index contributed by atoms with van der Waals surface area (Å²) in [6, 6.07) is -0.0839. The standard InChI is InChI=1S/C12H24N2O3S/c1-10-5-7-14(8-6-10)18(16,17)13-12-4-2-3-11(12)9-15/h10-13,15H,2-9H2,1H3. The molecule has 0 aromatic rings. The Balaban J connectivity index is 1.94. The molecular weight excluding hydrogens is 252 g/mol. The van der Waals surface area contributed by atoms with Gasteiger partial charge in [-0.2, -0.15) is 17.4 Å². The van der Waals surface area contributed by atoms with Gasteiger partial charge in [-0.1, -0.05) is 13.3 Å². The normalized spacial score (nSPS) is 31.9. The molecule has 1 aliphatic heterocycles. The molecule has 2 unspecified atom stereocenters. The molecule has 1 saturated carbocycles. The van der Waals surface area contributed by atoms with Crippen molar-refractivity contribution in [3.8, 4) is 0 Å². The number of hydrogen-bond acceptors (Lipinski definition) is 3. The number of piperidine rings is 1. The molecule has 6 heteroatoms. The molecule has 1 aliphatic carbocycles. The topological polar surface area (TPSA) is 69.6 Å². The van der Waals surface area contributed by atoms with E-state index in [1.165, 1.54) is 0 Å². The Hall–Kier alpha value is -0.170. The predicted molar refractivity (Wildman–Crippen MR) is 70.2 cm³/mol. The van der Waals surface area contributed by atoms with Gasteiger partial charge >= 0.3 is 0 Å². The third-order valence-corrected chi connectivity index (χ3v) is 5.92. The van der Waals surface area contributed by atoms with Gasteiger partial charge in [0.15, 0.2) is 0 Å². The summed E-state index contributed by atoms with van der Waals surface area (Å²) in [4.78, 5) is 0. The maximum Gasteiger partial charge on any atom is 0.279 e. The number of aliphatic hydroxyl groups is 1. The molecule has 106 valence electrons. The molecule has 18 heavy (non-hydrogen) atoms. The van der Waals surface area contributed by atoms with Gasteiger partial charge in [0.2, 0.25) is 0 Å². The second-order valence-corrected chi connectivity index (χ2v) is 7.39. The molecule has 0 aromatic carbocycles. The first-order valence-electron chi connectivity index (χ1n) is 6.91. The van der Waals surface area contributed by atoms with E-state index < -0.39 is 10.2 Å². The van der Waals surface area contributed by atoms with Gasteiger partial charge in [0.1, 0.15) is 0 Å². The Morgan fingerprint density at radius 2 is 1.89 bits per heavy atom. The highest BCUT2D eigenvalue weighted by Gasteiger charge is 2.33. The van der Waals surface area contributed by atoms with Gasteiger partial charge in [-0.05, 0) is 37.5 Å². The van der Waals surface area contributed by atoms with Gasteiger partial charge < -0.3 is 5.11 Å². The molecule has 0 aromatic heterocycles. The van der Waals surface area contributed by atoms with Gasteiger partial charge in [-0.3, -0.25) is 0 Å². The van der Waals surface area contributed by atoms with Crippen molar-refractivity contribution in [1.29, 1.82) is 0 Å². The zero-order valence-corrected chi connectivity index (χ0v) is 11.8. The van der Waals surface area contributed by atoms with Crippen molar-refractivity contribution in [3.63, 3.8) is 0 Å². The number of hydrogen-bond donors (Lipinski definition) is 2. The van der Waals surface area contributed by atoms with Gasteiger partial charge in [0.05, 0.1) is 0 Å². The average Bonchev–Trinajstić information content (AvgIpc) is 2.76. The van der Waals surface area contributed by atoms with Gasteiger partial charge in [0, 0.05) is 25.7 Å². The summed E-state index contributed by atoms with van der Waals surface area (Å²) in [6.07, 6.45) is 4.63. The molecule has 2 fully saturated rings. The van der Waals surface area contributed by atoms with Crippen LogP contribution in [0.5, 0.6) is 0 Å². The minimum Gasteiger partial charge on any atom is -0.396 e. The van der Waals surface area contributed by atoms with Crippen LogP contribution in [0.1, 0.15) is 39.0 Å². The van der Waals surface area contributed by atoms with Gasteiger partial charge in [0.25, 0.3) is 10.2 Å². The van der Waals surface area contributed by atoms with Crippen LogP contribution in [0, 0.1) is 11.8 Å². The Labute approximate surface area is 110 Å². The van der Waals surface area contributed by atoms with Crippen LogP contribution in [0.25, 0.3) is 0 Å². The zero-order chi connectivity index (χ0) is 13.2. The molecule has 1 heterocycles. The molecule has 2 atom stereocenters.